The monoisotopic (exact) mass is 736 g/mol. The van der Waals surface area contributed by atoms with Gasteiger partial charge in [0.2, 0.25) is 11.8 Å². The largest absolute Gasteiger partial charge is 0.508 e. The maximum absolute atomic E-state index is 14.2. The average Bonchev–Trinajstić information content (AvgIpc) is 3.42. The first kappa shape index (κ1) is 31.9. The fourth-order valence-corrected chi connectivity index (χ4v) is 9.25. The Balaban J connectivity index is 1.30. The maximum atomic E-state index is 14.2. The number of aromatic hydroxyl groups is 1. The quantitative estimate of drug-likeness (QED) is 0.129. The Hall–Kier alpha value is -3.66. The number of phenolic OH excluding ortho intramolecular Hbond substituents is 1. The van der Waals surface area contributed by atoms with E-state index in [9.17, 15) is 24.3 Å². The Morgan fingerprint density at radius 3 is 2.30 bits per heavy atom. The molecule has 1 saturated carbocycles. The van der Waals surface area contributed by atoms with Gasteiger partial charge in [-0.1, -0.05) is 83.0 Å². The fourth-order valence-electron chi connectivity index (χ4n) is 7.83. The van der Waals surface area contributed by atoms with Crippen molar-refractivity contribution < 1.29 is 29.0 Å². The number of likely N-dealkylation sites (tertiary alicyclic amines) is 1. The second-order valence-electron chi connectivity index (χ2n) is 12.5. The van der Waals surface area contributed by atoms with E-state index in [1.165, 1.54) is 11.0 Å². The number of hydrogen-bond acceptors (Lipinski definition) is 6. The molecule has 2 saturated heterocycles. The lowest BCUT2D eigenvalue weighted by Crippen LogP contribution is -2.60. The van der Waals surface area contributed by atoms with E-state index in [-0.39, 0.29) is 48.0 Å². The minimum atomic E-state index is -2.01. The Morgan fingerprint density at radius 2 is 1.64 bits per heavy atom. The molecule has 4 aliphatic rings. The summed E-state index contributed by atoms with van der Waals surface area (Å²) in [6.45, 7) is 2.29. The molecular formula is C36H31BrCl2N2O6. The Bertz CT molecular complexity index is 1830. The van der Waals surface area contributed by atoms with Crippen molar-refractivity contribution >= 4 is 68.4 Å². The molecule has 2 aliphatic heterocycles. The molecule has 8 nitrogen and oxygen atoms in total. The molecule has 3 fully saturated rings. The number of amides is 4. The van der Waals surface area contributed by atoms with Crippen molar-refractivity contribution in [2.24, 2.45) is 17.8 Å². The van der Waals surface area contributed by atoms with Gasteiger partial charge in [-0.25, -0.2) is 0 Å². The van der Waals surface area contributed by atoms with Gasteiger partial charge < -0.3 is 9.84 Å². The third kappa shape index (κ3) is 4.68. The van der Waals surface area contributed by atoms with Crippen LogP contribution in [-0.4, -0.2) is 48.8 Å². The average molecular weight is 738 g/mol. The molecule has 2 aliphatic carbocycles. The minimum Gasteiger partial charge on any atom is -0.508 e. The molecule has 6 atom stereocenters. The molecule has 0 bridgehead atoms. The number of ether oxygens (including phenoxy) is 1. The molecule has 0 aromatic heterocycles. The summed E-state index contributed by atoms with van der Waals surface area (Å²) in [5.74, 6) is -5.18. The van der Waals surface area contributed by atoms with Crippen molar-refractivity contribution in [1.29, 1.82) is 0 Å². The van der Waals surface area contributed by atoms with Gasteiger partial charge in [-0.05, 0) is 54.5 Å². The van der Waals surface area contributed by atoms with E-state index >= 15 is 0 Å². The van der Waals surface area contributed by atoms with Crippen LogP contribution in [0.3, 0.4) is 0 Å². The van der Waals surface area contributed by atoms with Gasteiger partial charge in [0.05, 0.1) is 23.0 Å². The van der Waals surface area contributed by atoms with Gasteiger partial charge in [-0.15, -0.1) is 23.2 Å². The number of carbonyl (C=O) groups excluding carboxylic acids is 4. The molecule has 0 unspecified atom stereocenters. The fraction of sp³-hybridized carbons (Fsp3) is 0.333. The number of imide groups is 2. The van der Waals surface area contributed by atoms with Crippen LogP contribution in [0.5, 0.6) is 11.5 Å². The van der Waals surface area contributed by atoms with Gasteiger partial charge in [0.25, 0.3) is 11.8 Å². The molecule has 47 heavy (non-hydrogen) atoms. The molecule has 3 aromatic carbocycles. The summed E-state index contributed by atoms with van der Waals surface area (Å²) in [7, 11) is 0. The van der Waals surface area contributed by atoms with Crippen LogP contribution < -0.4 is 9.64 Å². The topological polar surface area (TPSA) is 104 Å². The van der Waals surface area contributed by atoms with Crippen LogP contribution in [0.4, 0.5) is 5.69 Å². The smallest absolute Gasteiger partial charge is 0.254 e. The van der Waals surface area contributed by atoms with Crippen molar-refractivity contribution in [2.75, 3.05) is 10.4 Å². The second-order valence-corrected chi connectivity index (χ2v) is 14.3. The van der Waals surface area contributed by atoms with Crippen LogP contribution in [0.15, 0.2) is 84.4 Å². The van der Waals surface area contributed by atoms with Crippen molar-refractivity contribution in [2.45, 2.75) is 48.5 Å². The molecule has 0 spiro atoms. The number of anilines is 1. The summed E-state index contributed by atoms with van der Waals surface area (Å²) in [5.41, 5.74) is 3.24. The zero-order chi connectivity index (χ0) is 33.2. The summed E-state index contributed by atoms with van der Waals surface area (Å²) in [6.07, 6.45) is 2.76. The highest BCUT2D eigenvalue weighted by molar-refractivity contribution is 9.09. The van der Waals surface area contributed by atoms with Crippen molar-refractivity contribution in [3.05, 3.63) is 101 Å². The molecule has 4 amide bonds. The number of fused-ring (bicyclic) bond motifs is 4. The molecule has 11 heteroatoms. The lowest BCUT2D eigenvalue weighted by molar-refractivity contribution is -0.138. The van der Waals surface area contributed by atoms with E-state index in [2.05, 4.69) is 15.9 Å². The third-order valence-corrected chi connectivity index (χ3v) is 12.1. The Labute approximate surface area is 290 Å². The van der Waals surface area contributed by atoms with Crippen LogP contribution in [0.2, 0.25) is 0 Å². The predicted octanol–water partition coefficient (Wildman–Crippen LogP) is 6.45. The molecule has 2 heterocycles. The van der Waals surface area contributed by atoms with Crippen LogP contribution in [0.25, 0.3) is 0 Å². The number of rotatable bonds is 7. The standard InChI is InChI=1S/C36H31BrCl2N2O6/c1-2-20-8-10-22(11-9-20)41-31(43)26-15-14-24-27(29(26)32(41)44)17-35(38)33(45)40(19-37)34(46)36(35,39)30(24)25-13-12-23(16-28(25)42)47-18-21-6-4-3-5-7-21/h3-14,16,26-27,29-30,42H,2,15,17-19H2,1H3/t26-,27+,29-,30+,35+,36-/m0/s1. The van der Waals surface area contributed by atoms with Crippen molar-refractivity contribution in [1.82, 2.24) is 4.90 Å². The minimum absolute atomic E-state index is 0.129. The van der Waals surface area contributed by atoms with Gasteiger partial charge in [0, 0.05) is 17.5 Å². The van der Waals surface area contributed by atoms with E-state index in [0.29, 0.717) is 17.0 Å². The molecule has 7 rings (SSSR count). The van der Waals surface area contributed by atoms with Crippen molar-refractivity contribution in [3.63, 3.8) is 0 Å². The maximum Gasteiger partial charge on any atom is 0.254 e. The van der Waals surface area contributed by atoms with Gasteiger partial charge in [-0.2, -0.15) is 0 Å². The zero-order valence-corrected chi connectivity index (χ0v) is 28.5. The number of halogens is 3. The highest BCUT2D eigenvalue weighted by Crippen LogP contribution is 2.66. The Kier molecular flexibility index (Phi) is 8.01. The number of allylic oxidation sites excluding steroid dienone is 2. The number of alkyl halides is 3. The molecule has 0 radical (unpaired) electrons. The van der Waals surface area contributed by atoms with E-state index in [0.717, 1.165) is 22.4 Å². The summed E-state index contributed by atoms with van der Waals surface area (Å²) in [6, 6.07) is 21.6. The first-order valence-electron chi connectivity index (χ1n) is 15.5. The van der Waals surface area contributed by atoms with E-state index in [4.69, 9.17) is 27.9 Å². The van der Waals surface area contributed by atoms with Crippen molar-refractivity contribution in [3.8, 4) is 11.5 Å². The summed E-state index contributed by atoms with van der Waals surface area (Å²) >= 11 is 17.8. The number of phenols is 1. The zero-order valence-electron chi connectivity index (χ0n) is 25.4. The lowest BCUT2D eigenvalue weighted by Gasteiger charge is -2.50. The summed E-state index contributed by atoms with van der Waals surface area (Å²) < 4.78 is 5.92. The van der Waals surface area contributed by atoms with E-state index in [1.807, 2.05) is 55.5 Å². The third-order valence-electron chi connectivity index (χ3n) is 10.2. The van der Waals surface area contributed by atoms with E-state index < -0.39 is 45.2 Å². The number of benzene rings is 3. The number of carbonyl (C=O) groups is 4. The normalized spacial score (nSPS) is 29.8. The highest BCUT2D eigenvalue weighted by Gasteiger charge is 2.76. The summed E-state index contributed by atoms with van der Waals surface area (Å²) in [5, 5.41) is 11.5. The molecule has 242 valence electrons. The highest BCUT2D eigenvalue weighted by atomic mass is 79.9. The molecule has 1 N–H and O–H groups in total. The van der Waals surface area contributed by atoms with Crippen LogP contribution in [0.1, 0.15) is 42.4 Å². The van der Waals surface area contributed by atoms with Gasteiger partial charge in [-0.3, -0.25) is 29.0 Å². The first-order valence-corrected chi connectivity index (χ1v) is 17.4. The van der Waals surface area contributed by atoms with Gasteiger partial charge in [0.1, 0.15) is 18.1 Å². The summed E-state index contributed by atoms with van der Waals surface area (Å²) in [4.78, 5) is 54.2. The molecular weight excluding hydrogens is 707 g/mol. The van der Waals surface area contributed by atoms with Gasteiger partial charge in [0.15, 0.2) is 9.75 Å². The number of aryl methyl sites for hydroxylation is 1. The first-order chi connectivity index (χ1) is 22.5. The van der Waals surface area contributed by atoms with Crippen LogP contribution >= 0.6 is 39.1 Å². The number of nitrogens with zero attached hydrogens (tertiary/aromatic N) is 2. The van der Waals surface area contributed by atoms with Gasteiger partial charge >= 0.3 is 0 Å². The predicted molar refractivity (Wildman–Crippen MR) is 181 cm³/mol. The lowest BCUT2D eigenvalue weighted by atomic mass is 9.56. The van der Waals surface area contributed by atoms with Crippen LogP contribution in [-0.2, 0) is 32.2 Å². The second kappa shape index (κ2) is 11.8. The molecule has 3 aromatic rings. The van der Waals surface area contributed by atoms with Crippen LogP contribution in [0, 0.1) is 17.8 Å². The SMILES string of the molecule is CCc1ccc(N2C(=O)[C@H]3[C@H](CC=C4[C@H]3C[C@@]3(Cl)C(=O)N(CBr)C(=O)[C@@]3(Cl)[C@H]4c3ccc(OCc4ccccc4)cc3O)C2=O)cc1. The number of hydrogen-bond donors (Lipinski definition) is 1. The van der Waals surface area contributed by atoms with E-state index in [1.54, 1.807) is 24.3 Å². The Morgan fingerprint density at radius 1 is 0.915 bits per heavy atom.